The first-order valence-electron chi connectivity index (χ1n) is 9.10. The molecule has 0 aromatic carbocycles. The lowest BCUT2D eigenvalue weighted by Crippen LogP contribution is -2.38. The van der Waals surface area contributed by atoms with Gasteiger partial charge in [-0.1, -0.05) is 6.42 Å². The molecule has 1 aliphatic heterocycles. The smallest absolute Gasteiger partial charge is 0.241 e. The van der Waals surface area contributed by atoms with Gasteiger partial charge in [0.1, 0.15) is 6.54 Å². The molecule has 2 saturated carbocycles. The molecule has 3 aliphatic rings. The van der Waals surface area contributed by atoms with Crippen LogP contribution >= 0.6 is 0 Å². The molecular weight excluding hydrogens is 290 g/mol. The molecule has 1 aromatic heterocycles. The molecular formula is C17H27N5O. The number of anilines is 1. The Balaban J connectivity index is 1.32. The van der Waals surface area contributed by atoms with E-state index in [4.69, 9.17) is 0 Å². The van der Waals surface area contributed by atoms with Crippen molar-refractivity contribution in [3.8, 4) is 0 Å². The lowest BCUT2D eigenvalue weighted by molar-refractivity contribution is -0.122. The highest BCUT2D eigenvalue weighted by Gasteiger charge is 2.35. The fourth-order valence-electron chi connectivity index (χ4n) is 4.11. The van der Waals surface area contributed by atoms with Crippen molar-refractivity contribution in [2.45, 2.75) is 69.6 Å². The van der Waals surface area contributed by atoms with E-state index < -0.39 is 0 Å². The van der Waals surface area contributed by atoms with Gasteiger partial charge in [-0.05, 0) is 51.0 Å². The van der Waals surface area contributed by atoms with Crippen LogP contribution in [0, 0.1) is 5.92 Å². The number of hydrogen-bond donors (Lipinski definition) is 3. The third-order valence-electron chi connectivity index (χ3n) is 5.42. The highest BCUT2D eigenvalue weighted by molar-refractivity contribution is 5.76. The lowest BCUT2D eigenvalue weighted by Gasteiger charge is -2.26. The second-order valence-corrected chi connectivity index (χ2v) is 7.32. The third-order valence-corrected chi connectivity index (χ3v) is 5.42. The van der Waals surface area contributed by atoms with Crippen LogP contribution in [0.15, 0.2) is 12.4 Å². The maximum absolute atomic E-state index is 11.8. The summed E-state index contributed by atoms with van der Waals surface area (Å²) in [5.41, 5.74) is 1.04. The lowest BCUT2D eigenvalue weighted by atomic mass is 9.93. The third kappa shape index (κ3) is 3.68. The monoisotopic (exact) mass is 317 g/mol. The molecule has 2 aliphatic carbocycles. The summed E-state index contributed by atoms with van der Waals surface area (Å²) >= 11 is 0. The summed E-state index contributed by atoms with van der Waals surface area (Å²) in [5.74, 6) is 0.787. The van der Waals surface area contributed by atoms with Gasteiger partial charge in [0.2, 0.25) is 5.91 Å². The number of hydrogen-bond acceptors (Lipinski definition) is 4. The molecule has 6 nitrogen and oxygen atoms in total. The van der Waals surface area contributed by atoms with Crippen molar-refractivity contribution < 1.29 is 4.79 Å². The molecule has 4 rings (SSSR count). The maximum Gasteiger partial charge on any atom is 0.241 e. The van der Waals surface area contributed by atoms with E-state index in [2.05, 4.69) is 21.0 Å². The second kappa shape index (κ2) is 6.51. The highest BCUT2D eigenvalue weighted by atomic mass is 16.2. The molecule has 23 heavy (non-hydrogen) atoms. The van der Waals surface area contributed by atoms with Crippen LogP contribution in [0.2, 0.25) is 0 Å². The van der Waals surface area contributed by atoms with Gasteiger partial charge in [-0.2, -0.15) is 5.10 Å². The SMILES string of the molecule is O=C(Cn1cc(NC2CCCC2C2CCCN2)cn1)NC1CC1. The van der Waals surface area contributed by atoms with Crippen molar-refractivity contribution in [3.05, 3.63) is 12.4 Å². The molecule has 2 heterocycles. The Morgan fingerprint density at radius 3 is 2.96 bits per heavy atom. The minimum atomic E-state index is 0.0658. The minimum Gasteiger partial charge on any atom is -0.379 e. The molecule has 1 saturated heterocycles. The van der Waals surface area contributed by atoms with Crippen LogP contribution in [0.5, 0.6) is 0 Å². The standard InChI is InChI=1S/C17H27N5O/c23-17(21-12-6-7-12)11-22-10-13(9-19-22)20-16-4-1-3-14(16)15-5-2-8-18-15/h9-10,12,14-16,18,20H,1-8,11H2,(H,21,23). The van der Waals surface area contributed by atoms with Crippen molar-refractivity contribution in [2.24, 2.45) is 5.92 Å². The Morgan fingerprint density at radius 1 is 1.26 bits per heavy atom. The van der Waals surface area contributed by atoms with E-state index in [0.29, 0.717) is 24.7 Å². The highest BCUT2D eigenvalue weighted by Crippen LogP contribution is 2.33. The van der Waals surface area contributed by atoms with Gasteiger partial charge in [-0.3, -0.25) is 9.48 Å². The zero-order valence-corrected chi connectivity index (χ0v) is 13.6. The van der Waals surface area contributed by atoms with Crippen molar-refractivity contribution >= 4 is 11.6 Å². The summed E-state index contributed by atoms with van der Waals surface area (Å²) in [6, 6.07) is 1.62. The van der Waals surface area contributed by atoms with E-state index in [1.165, 1.54) is 38.6 Å². The fraction of sp³-hybridized carbons (Fsp3) is 0.765. The zero-order valence-electron chi connectivity index (χ0n) is 13.6. The van der Waals surface area contributed by atoms with Gasteiger partial charge in [0.05, 0.1) is 11.9 Å². The Bertz CT molecular complexity index is 547. The maximum atomic E-state index is 11.8. The average Bonchev–Trinajstić information content (AvgIpc) is 2.99. The van der Waals surface area contributed by atoms with Crippen molar-refractivity contribution in [1.82, 2.24) is 20.4 Å². The Kier molecular flexibility index (Phi) is 4.25. The Labute approximate surface area is 137 Å². The minimum absolute atomic E-state index is 0.0658. The normalized spacial score (nSPS) is 30.5. The molecule has 3 N–H and O–H groups in total. The van der Waals surface area contributed by atoms with Crippen molar-refractivity contribution in [1.29, 1.82) is 0 Å². The summed E-state index contributed by atoms with van der Waals surface area (Å²) in [5, 5.41) is 14.6. The number of carbonyl (C=O) groups is 1. The van der Waals surface area contributed by atoms with Gasteiger partial charge < -0.3 is 16.0 Å². The summed E-state index contributed by atoms with van der Waals surface area (Å²) in [6.07, 6.45) is 12.5. The first-order chi connectivity index (χ1) is 11.3. The number of aromatic nitrogens is 2. The molecule has 126 valence electrons. The van der Waals surface area contributed by atoms with Crippen LogP contribution in [0.4, 0.5) is 5.69 Å². The van der Waals surface area contributed by atoms with E-state index in [0.717, 1.165) is 24.4 Å². The van der Waals surface area contributed by atoms with Gasteiger partial charge in [-0.15, -0.1) is 0 Å². The topological polar surface area (TPSA) is 71.0 Å². The molecule has 0 radical (unpaired) electrons. The van der Waals surface area contributed by atoms with E-state index in [-0.39, 0.29) is 5.91 Å². The average molecular weight is 317 g/mol. The van der Waals surface area contributed by atoms with E-state index in [1.807, 2.05) is 12.4 Å². The summed E-state index contributed by atoms with van der Waals surface area (Å²) < 4.78 is 1.73. The quantitative estimate of drug-likeness (QED) is 0.743. The van der Waals surface area contributed by atoms with Gasteiger partial charge >= 0.3 is 0 Å². The zero-order chi connectivity index (χ0) is 15.6. The predicted octanol–water partition coefficient (Wildman–Crippen LogP) is 1.49. The van der Waals surface area contributed by atoms with Crippen LogP contribution in [-0.4, -0.2) is 40.4 Å². The summed E-state index contributed by atoms with van der Waals surface area (Å²) in [6.45, 7) is 1.48. The molecule has 3 unspecified atom stereocenters. The van der Waals surface area contributed by atoms with Gasteiger partial charge in [0, 0.05) is 24.3 Å². The molecule has 1 aromatic rings. The molecule has 3 fully saturated rings. The molecule has 6 heteroatoms. The number of carbonyl (C=O) groups excluding carboxylic acids is 1. The van der Waals surface area contributed by atoms with Crippen LogP contribution in [-0.2, 0) is 11.3 Å². The Morgan fingerprint density at radius 2 is 2.17 bits per heavy atom. The Hall–Kier alpha value is -1.56. The van der Waals surface area contributed by atoms with Crippen LogP contribution in [0.1, 0.15) is 44.9 Å². The summed E-state index contributed by atoms with van der Waals surface area (Å²) in [4.78, 5) is 11.8. The first-order valence-corrected chi connectivity index (χ1v) is 9.10. The van der Waals surface area contributed by atoms with Crippen LogP contribution in [0.3, 0.4) is 0 Å². The molecule has 0 bridgehead atoms. The molecule has 0 spiro atoms. The number of nitrogens with one attached hydrogen (secondary N) is 3. The van der Waals surface area contributed by atoms with E-state index in [1.54, 1.807) is 4.68 Å². The van der Waals surface area contributed by atoms with Crippen molar-refractivity contribution in [3.63, 3.8) is 0 Å². The van der Waals surface area contributed by atoms with Gasteiger partial charge in [0.25, 0.3) is 0 Å². The number of amides is 1. The largest absolute Gasteiger partial charge is 0.379 e. The fourth-order valence-corrected chi connectivity index (χ4v) is 4.11. The van der Waals surface area contributed by atoms with Crippen molar-refractivity contribution in [2.75, 3.05) is 11.9 Å². The summed E-state index contributed by atoms with van der Waals surface area (Å²) in [7, 11) is 0. The number of rotatable bonds is 6. The first kappa shape index (κ1) is 15.0. The second-order valence-electron chi connectivity index (χ2n) is 7.32. The van der Waals surface area contributed by atoms with Gasteiger partial charge in [-0.25, -0.2) is 0 Å². The van der Waals surface area contributed by atoms with E-state index in [9.17, 15) is 4.79 Å². The van der Waals surface area contributed by atoms with Gasteiger partial charge in [0.15, 0.2) is 0 Å². The molecule has 3 atom stereocenters. The van der Waals surface area contributed by atoms with Crippen LogP contribution < -0.4 is 16.0 Å². The van der Waals surface area contributed by atoms with E-state index >= 15 is 0 Å². The van der Waals surface area contributed by atoms with Crippen LogP contribution in [0.25, 0.3) is 0 Å². The number of nitrogens with zero attached hydrogens (tertiary/aromatic N) is 2. The molecule has 1 amide bonds. The predicted molar refractivity (Wildman–Crippen MR) is 89.2 cm³/mol.